The van der Waals surface area contributed by atoms with E-state index >= 15 is 0 Å². The number of halogens is 1. The zero-order valence-electron chi connectivity index (χ0n) is 8.38. The highest BCUT2D eigenvalue weighted by Gasteiger charge is 2.19. The first-order valence-corrected chi connectivity index (χ1v) is 6.48. The predicted octanol–water partition coefficient (Wildman–Crippen LogP) is 1.31. The van der Waals surface area contributed by atoms with Crippen LogP contribution in [0.1, 0.15) is 5.69 Å². The molecule has 1 heterocycles. The van der Waals surface area contributed by atoms with Crippen molar-refractivity contribution < 1.29 is 13.3 Å². The molecule has 1 aromatic rings. The van der Waals surface area contributed by atoms with E-state index in [-0.39, 0.29) is 28.0 Å². The average Bonchev–Trinajstić information content (AvgIpc) is 2.16. The number of aromatic nitrogens is 1. The van der Waals surface area contributed by atoms with E-state index in [1.165, 1.54) is 6.92 Å². The average molecular weight is 265 g/mol. The van der Waals surface area contributed by atoms with Gasteiger partial charge in [0, 0.05) is 11.9 Å². The standard InChI is InChI=1S/C8H9ClN2O4S/c1-6-7(11(12)13)2-3-8(10-6)16(14,15)5-4-9/h2-3H,4-5H2,1H3. The second-order valence-corrected chi connectivity index (χ2v) is 5.45. The minimum Gasteiger partial charge on any atom is -0.258 e. The quantitative estimate of drug-likeness (QED) is 0.465. The third-order valence-corrected chi connectivity index (χ3v) is 3.91. The van der Waals surface area contributed by atoms with Crippen LogP contribution in [0.5, 0.6) is 0 Å². The van der Waals surface area contributed by atoms with Gasteiger partial charge in [-0.15, -0.1) is 11.6 Å². The monoisotopic (exact) mass is 264 g/mol. The van der Waals surface area contributed by atoms with Gasteiger partial charge in [0.1, 0.15) is 5.69 Å². The second-order valence-electron chi connectivity index (χ2n) is 3.02. The molecule has 0 aliphatic rings. The number of sulfone groups is 1. The Morgan fingerprint density at radius 3 is 2.56 bits per heavy atom. The Morgan fingerprint density at radius 1 is 1.50 bits per heavy atom. The lowest BCUT2D eigenvalue weighted by Gasteiger charge is -2.02. The van der Waals surface area contributed by atoms with Crippen LogP contribution in [-0.2, 0) is 9.84 Å². The molecule has 8 heteroatoms. The third kappa shape index (κ3) is 2.67. The lowest BCUT2D eigenvalue weighted by molar-refractivity contribution is -0.385. The smallest absolute Gasteiger partial charge is 0.258 e. The molecule has 0 radical (unpaired) electrons. The van der Waals surface area contributed by atoms with Gasteiger partial charge < -0.3 is 0 Å². The van der Waals surface area contributed by atoms with E-state index in [4.69, 9.17) is 11.6 Å². The summed E-state index contributed by atoms with van der Waals surface area (Å²) in [7, 11) is -3.54. The number of nitrogens with zero attached hydrogens (tertiary/aromatic N) is 2. The maximum Gasteiger partial charge on any atom is 0.290 e. The minimum absolute atomic E-state index is 0.0416. The Bertz CT molecular complexity index is 515. The first-order valence-electron chi connectivity index (χ1n) is 4.29. The molecule has 0 fully saturated rings. The fourth-order valence-corrected chi connectivity index (χ4v) is 2.68. The molecule has 0 atom stereocenters. The van der Waals surface area contributed by atoms with Gasteiger partial charge in [0.05, 0.1) is 10.7 Å². The zero-order valence-corrected chi connectivity index (χ0v) is 9.95. The molecule has 1 rings (SSSR count). The molecule has 0 N–H and O–H groups in total. The number of hydrogen-bond acceptors (Lipinski definition) is 5. The summed E-state index contributed by atoms with van der Waals surface area (Å²) in [6, 6.07) is 2.25. The van der Waals surface area contributed by atoms with Crippen LogP contribution in [0.15, 0.2) is 17.2 Å². The Labute approximate surface area is 97.3 Å². The van der Waals surface area contributed by atoms with Crippen molar-refractivity contribution in [1.29, 1.82) is 0 Å². The van der Waals surface area contributed by atoms with Crippen LogP contribution in [0.4, 0.5) is 5.69 Å². The van der Waals surface area contributed by atoms with Crippen molar-refractivity contribution in [3.63, 3.8) is 0 Å². The van der Waals surface area contributed by atoms with Gasteiger partial charge in [0.15, 0.2) is 14.9 Å². The van der Waals surface area contributed by atoms with Gasteiger partial charge >= 0.3 is 0 Å². The molecule has 0 spiro atoms. The number of aryl methyl sites for hydroxylation is 1. The zero-order chi connectivity index (χ0) is 12.3. The van der Waals surface area contributed by atoms with Crippen LogP contribution >= 0.6 is 11.6 Å². The van der Waals surface area contributed by atoms with E-state index in [1.54, 1.807) is 0 Å². The van der Waals surface area contributed by atoms with Gasteiger partial charge in [-0.2, -0.15) is 0 Å². The van der Waals surface area contributed by atoms with E-state index < -0.39 is 14.8 Å². The summed E-state index contributed by atoms with van der Waals surface area (Å²) in [6.07, 6.45) is 0. The molecule has 6 nitrogen and oxygen atoms in total. The van der Waals surface area contributed by atoms with Crippen LogP contribution in [0.25, 0.3) is 0 Å². The Balaban J connectivity index is 3.21. The van der Waals surface area contributed by atoms with E-state index in [0.717, 1.165) is 12.1 Å². The van der Waals surface area contributed by atoms with Gasteiger partial charge in [-0.3, -0.25) is 10.1 Å². The maximum absolute atomic E-state index is 11.5. The SMILES string of the molecule is Cc1nc(S(=O)(=O)CCCl)ccc1[N+](=O)[O-]. The molecule has 0 aliphatic carbocycles. The second kappa shape index (κ2) is 4.75. The summed E-state index contributed by atoms with van der Waals surface area (Å²) < 4.78 is 23.1. The van der Waals surface area contributed by atoms with E-state index in [0.29, 0.717) is 0 Å². The Kier molecular flexibility index (Phi) is 3.82. The molecule has 1 aromatic heterocycles. The lowest BCUT2D eigenvalue weighted by atomic mass is 10.3. The van der Waals surface area contributed by atoms with Gasteiger partial charge in [-0.1, -0.05) is 0 Å². The molecule has 0 amide bonds. The molecule has 0 bridgehead atoms. The number of pyridine rings is 1. The van der Waals surface area contributed by atoms with Crippen molar-refractivity contribution in [2.45, 2.75) is 11.9 Å². The largest absolute Gasteiger partial charge is 0.290 e. The fraction of sp³-hybridized carbons (Fsp3) is 0.375. The van der Waals surface area contributed by atoms with Crippen LogP contribution < -0.4 is 0 Å². The molecule has 0 saturated carbocycles. The third-order valence-electron chi connectivity index (χ3n) is 1.89. The molecule has 0 aromatic carbocycles. The summed E-state index contributed by atoms with van der Waals surface area (Å²) >= 11 is 5.34. The van der Waals surface area contributed by atoms with E-state index in [9.17, 15) is 18.5 Å². The van der Waals surface area contributed by atoms with Crippen molar-refractivity contribution in [1.82, 2.24) is 4.98 Å². The van der Waals surface area contributed by atoms with Crippen molar-refractivity contribution >= 4 is 27.1 Å². The van der Waals surface area contributed by atoms with Crippen LogP contribution in [0.3, 0.4) is 0 Å². The topological polar surface area (TPSA) is 90.2 Å². The predicted molar refractivity (Wildman–Crippen MR) is 58.4 cm³/mol. The van der Waals surface area contributed by atoms with Crippen molar-refractivity contribution in [2.75, 3.05) is 11.6 Å². The van der Waals surface area contributed by atoms with Gasteiger partial charge in [0.25, 0.3) is 5.69 Å². The Hall–Kier alpha value is -1.21. The normalized spacial score (nSPS) is 11.4. The van der Waals surface area contributed by atoms with Crippen molar-refractivity contribution in [2.24, 2.45) is 0 Å². The number of rotatable bonds is 4. The molecule has 16 heavy (non-hydrogen) atoms. The van der Waals surface area contributed by atoms with Crippen molar-refractivity contribution in [3.8, 4) is 0 Å². The first kappa shape index (κ1) is 12.9. The van der Waals surface area contributed by atoms with Crippen LogP contribution in [0, 0.1) is 17.0 Å². The minimum atomic E-state index is -3.54. The van der Waals surface area contributed by atoms with Gasteiger partial charge in [-0.05, 0) is 13.0 Å². The molecular formula is C8H9ClN2O4S. The van der Waals surface area contributed by atoms with Crippen LogP contribution in [0.2, 0.25) is 0 Å². The summed E-state index contributed by atoms with van der Waals surface area (Å²) in [6.45, 7) is 1.39. The van der Waals surface area contributed by atoms with Crippen LogP contribution in [-0.4, -0.2) is 30.0 Å². The molecule has 0 unspecified atom stereocenters. The molecule has 0 aliphatic heterocycles. The van der Waals surface area contributed by atoms with Crippen molar-refractivity contribution in [3.05, 3.63) is 27.9 Å². The Morgan fingerprint density at radius 2 is 2.12 bits per heavy atom. The van der Waals surface area contributed by atoms with Gasteiger partial charge in [0.2, 0.25) is 0 Å². The van der Waals surface area contributed by atoms with E-state index in [2.05, 4.69) is 4.98 Å². The highest BCUT2D eigenvalue weighted by atomic mass is 35.5. The summed E-state index contributed by atoms with van der Waals surface area (Å²) in [5.41, 5.74) is -0.134. The fourth-order valence-electron chi connectivity index (χ4n) is 1.10. The summed E-state index contributed by atoms with van der Waals surface area (Å²) in [5, 5.41) is 10.3. The maximum atomic E-state index is 11.5. The summed E-state index contributed by atoms with van der Waals surface area (Å²) in [5.74, 6) is -0.279. The highest BCUT2D eigenvalue weighted by Crippen LogP contribution is 2.18. The molecule has 0 saturated heterocycles. The van der Waals surface area contributed by atoms with Gasteiger partial charge in [-0.25, -0.2) is 13.4 Å². The lowest BCUT2D eigenvalue weighted by Crippen LogP contribution is -2.11. The number of alkyl halides is 1. The summed E-state index contributed by atoms with van der Waals surface area (Å²) in [4.78, 5) is 13.6. The first-order chi connectivity index (χ1) is 7.38. The molecule has 88 valence electrons. The van der Waals surface area contributed by atoms with E-state index in [1.807, 2.05) is 0 Å². The molecular weight excluding hydrogens is 256 g/mol. The number of nitro groups is 1. The highest BCUT2D eigenvalue weighted by molar-refractivity contribution is 7.91. The number of hydrogen-bond donors (Lipinski definition) is 0.